The number of fused-ring (bicyclic) bond motifs is 3. The Balaban J connectivity index is 1.56. The minimum atomic E-state index is -0.177. The van der Waals surface area contributed by atoms with Gasteiger partial charge in [-0.15, -0.1) is 0 Å². The first-order chi connectivity index (χ1) is 13.6. The van der Waals surface area contributed by atoms with Gasteiger partial charge in [0.05, 0.1) is 25.8 Å². The van der Waals surface area contributed by atoms with Crippen LogP contribution in [0.2, 0.25) is 0 Å². The second kappa shape index (κ2) is 7.54. The van der Waals surface area contributed by atoms with Gasteiger partial charge in [-0.05, 0) is 23.6 Å². The number of ether oxygens (including phenoxy) is 2. The number of benzene rings is 2. The van der Waals surface area contributed by atoms with E-state index >= 15 is 0 Å². The highest BCUT2D eigenvalue weighted by molar-refractivity contribution is 6.01. The first kappa shape index (κ1) is 18.3. The van der Waals surface area contributed by atoms with Gasteiger partial charge in [-0.25, -0.2) is 0 Å². The molecule has 1 N–H and O–H groups in total. The zero-order valence-corrected chi connectivity index (χ0v) is 16.1. The maximum Gasteiger partial charge on any atom is 0.255 e. The van der Waals surface area contributed by atoms with Crippen molar-refractivity contribution < 1.29 is 19.1 Å². The van der Waals surface area contributed by atoms with Crippen molar-refractivity contribution in [2.24, 2.45) is 0 Å². The second-order valence-corrected chi connectivity index (χ2v) is 7.23. The molecule has 2 heterocycles. The SMILES string of the molecule is COc1ccc2c(c1OC)C(=O)N[C@@H]1CN(CCc3ccccc3)C(=O)C[C@@H]21. The number of nitrogens with one attached hydrogen (secondary N) is 1. The molecule has 6 nitrogen and oxygen atoms in total. The van der Waals surface area contributed by atoms with Gasteiger partial charge in [0, 0.05) is 25.4 Å². The van der Waals surface area contributed by atoms with Crippen molar-refractivity contribution in [3.63, 3.8) is 0 Å². The molecule has 2 aromatic rings. The number of carbonyl (C=O) groups excluding carboxylic acids is 2. The summed E-state index contributed by atoms with van der Waals surface area (Å²) in [7, 11) is 3.07. The predicted octanol–water partition coefficient (Wildman–Crippen LogP) is 2.37. The van der Waals surface area contributed by atoms with Crippen molar-refractivity contribution in [1.82, 2.24) is 10.2 Å². The Labute approximate surface area is 164 Å². The third-order valence-corrected chi connectivity index (χ3v) is 5.68. The van der Waals surface area contributed by atoms with E-state index in [1.165, 1.54) is 12.7 Å². The Kier molecular flexibility index (Phi) is 4.94. The first-order valence-electron chi connectivity index (χ1n) is 9.49. The molecule has 2 aliphatic heterocycles. The van der Waals surface area contributed by atoms with Crippen LogP contribution in [0.25, 0.3) is 0 Å². The molecule has 4 rings (SSSR count). The first-order valence-corrected chi connectivity index (χ1v) is 9.49. The molecule has 6 heteroatoms. The Morgan fingerprint density at radius 2 is 1.86 bits per heavy atom. The lowest BCUT2D eigenvalue weighted by atomic mass is 9.79. The zero-order valence-electron chi connectivity index (χ0n) is 16.1. The van der Waals surface area contributed by atoms with Crippen LogP contribution in [0, 0.1) is 0 Å². The number of nitrogens with zero attached hydrogens (tertiary/aromatic N) is 1. The van der Waals surface area contributed by atoms with Gasteiger partial charge in [-0.2, -0.15) is 0 Å². The van der Waals surface area contributed by atoms with E-state index in [-0.39, 0.29) is 23.8 Å². The number of amides is 2. The average molecular weight is 380 g/mol. The van der Waals surface area contributed by atoms with Gasteiger partial charge < -0.3 is 19.7 Å². The van der Waals surface area contributed by atoms with Gasteiger partial charge in [-0.3, -0.25) is 9.59 Å². The van der Waals surface area contributed by atoms with E-state index in [2.05, 4.69) is 17.4 Å². The third kappa shape index (κ3) is 3.19. The van der Waals surface area contributed by atoms with Crippen molar-refractivity contribution >= 4 is 11.8 Å². The molecule has 0 saturated carbocycles. The molecule has 0 spiro atoms. The topological polar surface area (TPSA) is 67.9 Å². The Hall–Kier alpha value is -3.02. The van der Waals surface area contributed by atoms with Crippen molar-refractivity contribution in [3.05, 3.63) is 59.2 Å². The summed E-state index contributed by atoms with van der Waals surface area (Å²) in [6, 6.07) is 13.7. The summed E-state index contributed by atoms with van der Waals surface area (Å²) in [6.45, 7) is 1.18. The number of hydrogen-bond donors (Lipinski definition) is 1. The molecule has 1 saturated heterocycles. The molecule has 2 aromatic carbocycles. The average Bonchev–Trinajstić information content (AvgIpc) is 2.72. The lowest BCUT2D eigenvalue weighted by molar-refractivity contribution is -0.134. The van der Waals surface area contributed by atoms with Crippen molar-refractivity contribution in [3.8, 4) is 11.5 Å². The number of piperidine rings is 1. The van der Waals surface area contributed by atoms with Gasteiger partial charge >= 0.3 is 0 Å². The van der Waals surface area contributed by atoms with Crippen LogP contribution < -0.4 is 14.8 Å². The van der Waals surface area contributed by atoms with E-state index in [1.807, 2.05) is 29.2 Å². The summed E-state index contributed by atoms with van der Waals surface area (Å²) in [5.74, 6) is 0.836. The highest BCUT2D eigenvalue weighted by Crippen LogP contribution is 2.42. The van der Waals surface area contributed by atoms with Crippen LogP contribution in [-0.4, -0.2) is 50.1 Å². The molecule has 0 bridgehead atoms. The van der Waals surface area contributed by atoms with Gasteiger partial charge in [0.25, 0.3) is 5.91 Å². The summed E-state index contributed by atoms with van der Waals surface area (Å²) in [5.41, 5.74) is 2.54. The van der Waals surface area contributed by atoms with Crippen LogP contribution in [0.4, 0.5) is 0 Å². The lowest BCUT2D eigenvalue weighted by Crippen LogP contribution is -2.56. The molecule has 0 aliphatic carbocycles. The predicted molar refractivity (Wildman–Crippen MR) is 105 cm³/mol. The smallest absolute Gasteiger partial charge is 0.255 e. The zero-order chi connectivity index (χ0) is 19.7. The molecule has 146 valence electrons. The Bertz CT molecular complexity index is 897. The van der Waals surface area contributed by atoms with Crippen molar-refractivity contribution in [1.29, 1.82) is 0 Å². The number of methoxy groups -OCH3 is 2. The molecule has 2 atom stereocenters. The Morgan fingerprint density at radius 1 is 1.07 bits per heavy atom. The maximum absolute atomic E-state index is 12.8. The second-order valence-electron chi connectivity index (χ2n) is 7.23. The van der Waals surface area contributed by atoms with Crippen LogP contribution in [0.1, 0.15) is 33.8 Å². The summed E-state index contributed by atoms with van der Waals surface area (Å²) in [5, 5.41) is 3.08. The molecule has 0 aromatic heterocycles. The number of hydrogen-bond acceptors (Lipinski definition) is 4. The van der Waals surface area contributed by atoms with Gasteiger partial charge in [0.15, 0.2) is 11.5 Å². The van der Waals surface area contributed by atoms with E-state index in [1.54, 1.807) is 13.2 Å². The highest BCUT2D eigenvalue weighted by atomic mass is 16.5. The normalized spacial score (nSPS) is 20.9. The molecule has 1 fully saturated rings. The van der Waals surface area contributed by atoms with E-state index in [0.717, 1.165) is 12.0 Å². The van der Waals surface area contributed by atoms with E-state index in [4.69, 9.17) is 9.47 Å². The summed E-state index contributed by atoms with van der Waals surface area (Å²) in [6.07, 6.45) is 1.18. The monoisotopic (exact) mass is 380 g/mol. The highest BCUT2D eigenvalue weighted by Gasteiger charge is 2.42. The molecular weight excluding hydrogens is 356 g/mol. The van der Waals surface area contributed by atoms with E-state index in [0.29, 0.717) is 36.6 Å². The van der Waals surface area contributed by atoms with Gasteiger partial charge in [0.1, 0.15) is 0 Å². The number of rotatable bonds is 5. The minimum absolute atomic E-state index is 0.0482. The van der Waals surface area contributed by atoms with E-state index < -0.39 is 0 Å². The molecular formula is C22H24N2O4. The van der Waals surface area contributed by atoms with Gasteiger partial charge in [0.2, 0.25) is 5.91 Å². The van der Waals surface area contributed by atoms with Crippen LogP contribution in [0.3, 0.4) is 0 Å². The fraction of sp³-hybridized carbons (Fsp3) is 0.364. The molecule has 2 amide bonds. The van der Waals surface area contributed by atoms with E-state index in [9.17, 15) is 9.59 Å². The van der Waals surface area contributed by atoms with Crippen molar-refractivity contribution in [2.45, 2.75) is 24.8 Å². The van der Waals surface area contributed by atoms with Gasteiger partial charge in [-0.1, -0.05) is 36.4 Å². The van der Waals surface area contributed by atoms with Crippen LogP contribution in [-0.2, 0) is 11.2 Å². The number of carbonyl (C=O) groups is 2. The van der Waals surface area contributed by atoms with Crippen LogP contribution >= 0.6 is 0 Å². The fourth-order valence-corrected chi connectivity index (χ4v) is 4.25. The fourth-order valence-electron chi connectivity index (χ4n) is 4.25. The molecule has 0 unspecified atom stereocenters. The molecule has 0 radical (unpaired) electrons. The number of likely N-dealkylation sites (tertiary alicyclic amines) is 1. The standard InChI is InChI=1S/C22H24N2O4/c1-27-18-9-8-15-16-12-19(25)24(11-10-14-6-4-3-5-7-14)13-17(16)23-22(26)20(15)21(18)28-2/h3-9,16-17H,10-13H2,1-2H3,(H,23,26)/t16-,17+/m0/s1. The van der Waals surface area contributed by atoms with Crippen molar-refractivity contribution in [2.75, 3.05) is 27.3 Å². The van der Waals surface area contributed by atoms with Crippen LogP contribution in [0.15, 0.2) is 42.5 Å². The summed E-state index contributed by atoms with van der Waals surface area (Å²) >= 11 is 0. The lowest BCUT2D eigenvalue weighted by Gasteiger charge is -2.42. The third-order valence-electron chi connectivity index (χ3n) is 5.68. The maximum atomic E-state index is 12.8. The quantitative estimate of drug-likeness (QED) is 0.865. The molecule has 2 aliphatic rings. The minimum Gasteiger partial charge on any atom is -0.493 e. The summed E-state index contributed by atoms with van der Waals surface area (Å²) < 4.78 is 10.8. The largest absolute Gasteiger partial charge is 0.493 e. The molecule has 28 heavy (non-hydrogen) atoms. The Morgan fingerprint density at radius 3 is 2.57 bits per heavy atom. The van der Waals surface area contributed by atoms with Crippen LogP contribution in [0.5, 0.6) is 11.5 Å². The summed E-state index contributed by atoms with van der Waals surface area (Å²) in [4.78, 5) is 27.5.